The Labute approximate surface area is 133 Å². The first-order chi connectivity index (χ1) is 10.8. The van der Waals surface area contributed by atoms with Crippen molar-refractivity contribution < 1.29 is 9.53 Å². The fourth-order valence-corrected chi connectivity index (χ4v) is 3.17. The van der Waals surface area contributed by atoms with Crippen LogP contribution in [0.3, 0.4) is 0 Å². The van der Waals surface area contributed by atoms with Gasteiger partial charge in [0.25, 0.3) is 0 Å². The van der Waals surface area contributed by atoms with Gasteiger partial charge < -0.3 is 15.0 Å². The van der Waals surface area contributed by atoms with Crippen molar-refractivity contribution in [3.63, 3.8) is 0 Å². The van der Waals surface area contributed by atoms with Crippen LogP contribution in [0.15, 0.2) is 35.0 Å². The maximum atomic E-state index is 12.4. The Morgan fingerprint density at radius 3 is 3.18 bits per heavy atom. The minimum absolute atomic E-state index is 0.150. The summed E-state index contributed by atoms with van der Waals surface area (Å²) in [6.07, 6.45) is 0.300. The number of morpholine rings is 1. The Hall–Kier alpha value is -1.92. The molecule has 1 amide bonds. The smallest absolute Gasteiger partial charge is 0.227 e. The van der Waals surface area contributed by atoms with E-state index < -0.39 is 0 Å². The molecule has 0 bridgehead atoms. The average Bonchev–Trinajstić information content (AvgIpc) is 3.08. The molecule has 0 spiro atoms. The van der Waals surface area contributed by atoms with E-state index in [0.29, 0.717) is 26.1 Å². The molecular weight excluding hydrogens is 298 g/mol. The third-order valence-electron chi connectivity index (χ3n) is 3.71. The van der Waals surface area contributed by atoms with E-state index in [1.807, 2.05) is 47.0 Å². The molecule has 0 unspecified atom stereocenters. The first-order valence-corrected chi connectivity index (χ1v) is 8.25. The molecule has 6 heteroatoms. The average molecular weight is 317 g/mol. The van der Waals surface area contributed by atoms with Crippen molar-refractivity contribution in [2.75, 3.05) is 32.1 Å². The topological polar surface area (TPSA) is 54.5 Å². The molecule has 0 saturated carbocycles. The van der Waals surface area contributed by atoms with E-state index in [1.54, 1.807) is 11.3 Å². The maximum absolute atomic E-state index is 12.4. The molecule has 3 heterocycles. The van der Waals surface area contributed by atoms with Gasteiger partial charge in [-0.15, -0.1) is 0 Å². The van der Waals surface area contributed by atoms with Crippen LogP contribution in [0.4, 0.5) is 5.82 Å². The molecule has 5 nitrogen and oxygen atoms in total. The summed E-state index contributed by atoms with van der Waals surface area (Å²) in [6, 6.07) is 7.80. The fourth-order valence-electron chi connectivity index (χ4n) is 2.50. The van der Waals surface area contributed by atoms with Crippen LogP contribution in [0.2, 0.25) is 0 Å². The Morgan fingerprint density at radius 1 is 1.50 bits per heavy atom. The van der Waals surface area contributed by atoms with E-state index in [2.05, 4.69) is 10.3 Å². The number of rotatable bonds is 4. The molecule has 1 aliphatic heterocycles. The van der Waals surface area contributed by atoms with Crippen LogP contribution in [0.1, 0.15) is 17.4 Å². The minimum atomic E-state index is -0.159. The summed E-state index contributed by atoms with van der Waals surface area (Å²) in [4.78, 5) is 18.8. The summed E-state index contributed by atoms with van der Waals surface area (Å²) in [7, 11) is 1.84. The highest BCUT2D eigenvalue weighted by Crippen LogP contribution is 2.22. The minimum Gasteiger partial charge on any atom is -0.373 e. The summed E-state index contributed by atoms with van der Waals surface area (Å²) in [6.45, 7) is 1.75. The van der Waals surface area contributed by atoms with E-state index in [-0.39, 0.29) is 12.0 Å². The molecule has 1 saturated heterocycles. The van der Waals surface area contributed by atoms with Crippen LogP contribution in [0, 0.1) is 0 Å². The number of pyridine rings is 1. The van der Waals surface area contributed by atoms with E-state index in [0.717, 1.165) is 17.1 Å². The van der Waals surface area contributed by atoms with Gasteiger partial charge in [0.05, 0.1) is 25.3 Å². The van der Waals surface area contributed by atoms with Crippen molar-refractivity contribution in [1.29, 1.82) is 0 Å². The van der Waals surface area contributed by atoms with Crippen molar-refractivity contribution in [2.45, 2.75) is 12.5 Å². The number of aromatic nitrogens is 1. The molecule has 22 heavy (non-hydrogen) atoms. The standard InChI is InChI=1S/C16H19N3O2S/c1-17-15-4-2-3-13(18-15)14-10-19(6-7-21-14)16(20)9-12-5-8-22-11-12/h2-5,8,11,14H,6-7,9-10H2,1H3,(H,17,18)/t14-/m1/s1. The predicted octanol–water partition coefficient (Wildman–Crippen LogP) is 2.33. The maximum Gasteiger partial charge on any atom is 0.227 e. The molecule has 2 aromatic rings. The highest BCUT2D eigenvalue weighted by Gasteiger charge is 2.26. The van der Waals surface area contributed by atoms with Crippen molar-refractivity contribution in [1.82, 2.24) is 9.88 Å². The second kappa shape index (κ2) is 6.89. The summed E-state index contributed by atoms with van der Waals surface area (Å²) in [5.41, 5.74) is 1.94. The van der Waals surface area contributed by atoms with Crippen LogP contribution < -0.4 is 5.32 Å². The Morgan fingerprint density at radius 2 is 2.41 bits per heavy atom. The van der Waals surface area contributed by atoms with Gasteiger partial charge in [0.15, 0.2) is 0 Å². The van der Waals surface area contributed by atoms with Gasteiger partial charge >= 0.3 is 0 Å². The molecule has 1 N–H and O–H groups in total. The summed E-state index contributed by atoms with van der Waals surface area (Å²) in [5, 5.41) is 7.04. The van der Waals surface area contributed by atoms with Gasteiger partial charge in [0, 0.05) is 13.6 Å². The quantitative estimate of drug-likeness (QED) is 0.940. The van der Waals surface area contributed by atoms with E-state index >= 15 is 0 Å². The van der Waals surface area contributed by atoms with Crippen LogP contribution in [0.5, 0.6) is 0 Å². The number of hydrogen-bond donors (Lipinski definition) is 1. The predicted molar refractivity (Wildman–Crippen MR) is 87.1 cm³/mol. The van der Waals surface area contributed by atoms with Gasteiger partial charge in [0.1, 0.15) is 11.9 Å². The van der Waals surface area contributed by atoms with Crippen LogP contribution in [-0.2, 0) is 16.0 Å². The Bertz CT molecular complexity index is 630. The van der Waals surface area contributed by atoms with Gasteiger partial charge in [-0.1, -0.05) is 6.07 Å². The number of carbonyl (C=O) groups excluding carboxylic acids is 1. The number of nitrogens with zero attached hydrogens (tertiary/aromatic N) is 2. The van der Waals surface area contributed by atoms with Crippen LogP contribution >= 0.6 is 11.3 Å². The zero-order valence-electron chi connectivity index (χ0n) is 12.5. The van der Waals surface area contributed by atoms with Gasteiger partial charge in [-0.2, -0.15) is 11.3 Å². The normalized spacial score (nSPS) is 18.2. The van der Waals surface area contributed by atoms with Crippen LogP contribution in [0.25, 0.3) is 0 Å². The second-order valence-electron chi connectivity index (χ2n) is 5.21. The second-order valence-corrected chi connectivity index (χ2v) is 5.99. The molecule has 0 aromatic carbocycles. The summed E-state index contributed by atoms with van der Waals surface area (Å²) < 4.78 is 5.80. The monoisotopic (exact) mass is 317 g/mol. The molecule has 2 aromatic heterocycles. The lowest BCUT2D eigenvalue weighted by Gasteiger charge is -2.32. The molecule has 116 valence electrons. The number of nitrogens with one attached hydrogen (secondary N) is 1. The van der Waals surface area contributed by atoms with Crippen LogP contribution in [-0.4, -0.2) is 42.5 Å². The molecular formula is C16H19N3O2S. The summed E-state index contributed by atoms with van der Waals surface area (Å²) >= 11 is 1.62. The molecule has 0 aliphatic carbocycles. The lowest BCUT2D eigenvalue weighted by molar-refractivity contribution is -0.138. The van der Waals surface area contributed by atoms with Crippen molar-refractivity contribution in [2.24, 2.45) is 0 Å². The lowest BCUT2D eigenvalue weighted by Crippen LogP contribution is -2.43. The first kappa shape index (κ1) is 15.0. The van der Waals surface area contributed by atoms with E-state index in [1.165, 1.54) is 0 Å². The van der Waals surface area contributed by atoms with Crippen molar-refractivity contribution >= 4 is 23.1 Å². The number of anilines is 1. The zero-order valence-corrected chi connectivity index (χ0v) is 13.3. The molecule has 1 fully saturated rings. The summed E-state index contributed by atoms with van der Waals surface area (Å²) in [5.74, 6) is 0.958. The first-order valence-electron chi connectivity index (χ1n) is 7.31. The highest BCUT2D eigenvalue weighted by atomic mass is 32.1. The van der Waals surface area contributed by atoms with Gasteiger partial charge in [-0.25, -0.2) is 4.98 Å². The third kappa shape index (κ3) is 3.45. The number of amides is 1. The fraction of sp³-hybridized carbons (Fsp3) is 0.375. The molecule has 1 atom stereocenters. The number of thiophene rings is 1. The van der Waals surface area contributed by atoms with E-state index in [9.17, 15) is 4.79 Å². The number of ether oxygens (including phenoxy) is 1. The lowest BCUT2D eigenvalue weighted by atomic mass is 10.1. The van der Waals surface area contributed by atoms with E-state index in [4.69, 9.17) is 4.74 Å². The highest BCUT2D eigenvalue weighted by molar-refractivity contribution is 7.07. The third-order valence-corrected chi connectivity index (χ3v) is 4.44. The van der Waals surface area contributed by atoms with Crippen molar-refractivity contribution in [3.05, 3.63) is 46.3 Å². The van der Waals surface area contributed by atoms with Gasteiger partial charge in [-0.05, 0) is 34.5 Å². The number of carbonyl (C=O) groups is 1. The Kier molecular flexibility index (Phi) is 4.70. The largest absolute Gasteiger partial charge is 0.373 e. The van der Waals surface area contributed by atoms with Gasteiger partial charge in [0.2, 0.25) is 5.91 Å². The Balaban J connectivity index is 1.67. The molecule has 1 aliphatic rings. The zero-order chi connectivity index (χ0) is 15.4. The molecule has 3 rings (SSSR count). The SMILES string of the molecule is CNc1cccc([C@H]2CN(C(=O)Cc3ccsc3)CCO2)n1. The number of hydrogen-bond acceptors (Lipinski definition) is 5. The van der Waals surface area contributed by atoms with Gasteiger partial charge in [-0.3, -0.25) is 4.79 Å². The van der Waals surface area contributed by atoms with Crippen molar-refractivity contribution in [3.8, 4) is 0 Å². The molecule has 0 radical (unpaired) electrons.